The second-order valence-electron chi connectivity index (χ2n) is 31.5. The van der Waals surface area contributed by atoms with Crippen molar-refractivity contribution < 1.29 is 80.5 Å². The number of amides is 12. The summed E-state index contributed by atoms with van der Waals surface area (Å²) in [6, 6.07) is -13.7. The number of aliphatic hydroxyl groups excluding tert-OH is 1. The highest BCUT2D eigenvalue weighted by molar-refractivity contribution is 6.00. The smallest absolute Gasteiger partial charge is 0.382 e. The molecule has 0 aromatic heterocycles. The Morgan fingerprint density at radius 2 is 0.981 bits per heavy atom. The Morgan fingerprint density at radius 1 is 0.515 bits per heavy atom. The van der Waals surface area contributed by atoms with Crippen LogP contribution in [0.1, 0.15) is 205 Å². The molecule has 29 heteroatoms. The standard InChI is InChI=1S/C74H127F3N12O14/c1-19-48(10)63-67(96)81-62(47(8)9)73(102)82(12)41-61(92)84(14)55(36-45(4)5)65(94)79-53(70(99)89-33-27-22-28-34-89)40-60(91)83(13)49(11)64(93)80-54(42-103-43-59(90)74(75,76)77)69(98)86(16)57(37-46(6)7)71(100)85(15)56(38-50-29-23-20-24-30-50)66(95)78-52(35-44(2)3)68(97)87(17)58(72(101)88(63)18)39-51-31-25-21-26-32-51/h44-59,62-63,90H,19-43H2,1-18H3,(H,78,95)(H,79,94)(H,80,93)(H,81,96)/t48-,49-,52-,53-,54-,55-,56-,57-,58-,59?,62-,63-/m0/s1. The highest BCUT2D eigenvalue weighted by atomic mass is 19.4. The van der Waals surface area contributed by atoms with Gasteiger partial charge in [0.2, 0.25) is 70.9 Å². The molecular formula is C74H127F3N12O14. The van der Waals surface area contributed by atoms with Crippen LogP contribution in [0.3, 0.4) is 0 Å². The normalized spacial score (nSPS) is 27.4. The number of alkyl halides is 3. The van der Waals surface area contributed by atoms with Gasteiger partial charge in [0.1, 0.15) is 60.4 Å². The molecule has 0 aromatic carbocycles. The molecule has 0 radical (unpaired) electrons. The lowest BCUT2D eigenvalue weighted by molar-refractivity contribution is -0.217. The van der Waals surface area contributed by atoms with E-state index in [1.165, 1.54) is 75.9 Å². The predicted octanol–water partition coefficient (Wildman–Crippen LogP) is 5.50. The number of carbonyl (C=O) groups is 12. The maximum absolute atomic E-state index is 15.6. The Bertz CT molecular complexity index is 2850. The number of hydrogen-bond acceptors (Lipinski definition) is 14. The number of aliphatic hydroxyl groups is 1. The molecule has 12 amide bonds. The van der Waals surface area contributed by atoms with Gasteiger partial charge in [0, 0.05) is 62.4 Å². The number of nitrogens with zero attached hydrogens (tertiary/aromatic N) is 8. The third-order valence-electron chi connectivity index (χ3n) is 21.5. The van der Waals surface area contributed by atoms with Gasteiger partial charge in [0.25, 0.3) is 0 Å². The Kier molecular flexibility index (Phi) is 35.6. The van der Waals surface area contributed by atoms with Crippen molar-refractivity contribution in [3.8, 4) is 0 Å². The molecule has 588 valence electrons. The monoisotopic (exact) mass is 1460 g/mol. The van der Waals surface area contributed by atoms with Gasteiger partial charge >= 0.3 is 6.18 Å². The Hall–Kier alpha value is -6.65. The van der Waals surface area contributed by atoms with Gasteiger partial charge in [0.05, 0.1) is 26.2 Å². The van der Waals surface area contributed by atoms with E-state index >= 15 is 28.8 Å². The number of likely N-dealkylation sites (N-methyl/N-ethyl adjacent to an activating group) is 7. The average molecular weight is 1470 g/mol. The van der Waals surface area contributed by atoms with Crippen molar-refractivity contribution in [2.75, 3.05) is 82.2 Å². The number of ether oxygens (including phenoxy) is 1. The van der Waals surface area contributed by atoms with Crippen LogP contribution in [-0.4, -0.2) is 270 Å². The van der Waals surface area contributed by atoms with E-state index in [-0.39, 0.29) is 61.7 Å². The molecule has 2 heterocycles. The van der Waals surface area contributed by atoms with Crippen molar-refractivity contribution in [2.45, 2.75) is 277 Å². The van der Waals surface area contributed by atoms with Gasteiger partial charge in [-0.1, -0.05) is 140 Å². The van der Waals surface area contributed by atoms with E-state index in [0.717, 1.165) is 90.2 Å². The SMILES string of the molecule is CC[C@H](C)[C@H]1C(=O)N[C@@H](C(C)C)C(=O)N(C)CC(=O)N(C)[C@@H](CC(C)C)C(=O)N[C@H](C(=O)N2CCCCC2)CC(=O)N(C)[C@@H](C)C(=O)N[C@@H](COCC(O)C(F)(F)F)C(=O)N(C)[C@@H](CC(C)C)C(=O)N(C)[C@@H](CC2CCCCC2)C(=O)N[C@@H](CC(C)C)C(=O)N(C)[C@@H](CC2CCCCC2)C(=O)N1C. The lowest BCUT2D eigenvalue weighted by Crippen LogP contribution is -2.62. The first-order valence-corrected chi connectivity index (χ1v) is 37.8. The van der Waals surface area contributed by atoms with Crippen LogP contribution < -0.4 is 21.3 Å². The lowest BCUT2D eigenvalue weighted by atomic mass is 9.83. The van der Waals surface area contributed by atoms with E-state index in [1.54, 1.807) is 34.6 Å². The molecule has 26 nitrogen and oxygen atoms in total. The van der Waals surface area contributed by atoms with Crippen molar-refractivity contribution in [2.24, 2.45) is 41.4 Å². The Labute approximate surface area is 610 Å². The summed E-state index contributed by atoms with van der Waals surface area (Å²) in [7, 11) is 9.68. The van der Waals surface area contributed by atoms with Crippen molar-refractivity contribution in [3.63, 3.8) is 0 Å². The summed E-state index contributed by atoms with van der Waals surface area (Å²) < 4.78 is 46.5. The molecule has 0 aromatic rings. The minimum absolute atomic E-state index is 0.00709. The van der Waals surface area contributed by atoms with E-state index in [0.29, 0.717) is 32.4 Å². The predicted molar refractivity (Wildman–Crippen MR) is 383 cm³/mol. The molecule has 103 heavy (non-hydrogen) atoms. The highest BCUT2D eigenvalue weighted by Gasteiger charge is 2.46. The molecular weight excluding hydrogens is 1340 g/mol. The summed E-state index contributed by atoms with van der Waals surface area (Å²) >= 11 is 0. The first-order valence-electron chi connectivity index (χ1n) is 37.8. The second-order valence-corrected chi connectivity index (χ2v) is 31.5. The summed E-state index contributed by atoms with van der Waals surface area (Å²) in [5.74, 6) is -10.8. The average Bonchev–Trinajstić information content (AvgIpc) is 0.808. The largest absolute Gasteiger partial charge is 0.416 e. The van der Waals surface area contributed by atoms with Gasteiger partial charge in [-0.25, -0.2) is 0 Å². The van der Waals surface area contributed by atoms with Crippen LogP contribution in [0.2, 0.25) is 0 Å². The molecule has 1 unspecified atom stereocenters. The third kappa shape index (κ3) is 25.8. The summed E-state index contributed by atoms with van der Waals surface area (Å²) in [5.41, 5.74) is 0. The Balaban J connectivity index is 1.98. The number of nitrogens with one attached hydrogen (secondary N) is 4. The Morgan fingerprint density at radius 3 is 1.50 bits per heavy atom. The summed E-state index contributed by atoms with van der Waals surface area (Å²) in [6.45, 7) is 17.0. The van der Waals surface area contributed by atoms with Gasteiger partial charge in [-0.15, -0.1) is 0 Å². The van der Waals surface area contributed by atoms with Crippen LogP contribution in [0.4, 0.5) is 13.2 Å². The minimum atomic E-state index is -5.14. The van der Waals surface area contributed by atoms with E-state index in [1.807, 2.05) is 34.6 Å². The second kappa shape index (κ2) is 41.3. The molecule has 2 saturated heterocycles. The number of hydrogen-bond donors (Lipinski definition) is 5. The molecule has 2 aliphatic heterocycles. The zero-order valence-corrected chi connectivity index (χ0v) is 65.0. The van der Waals surface area contributed by atoms with Crippen molar-refractivity contribution in [3.05, 3.63) is 0 Å². The van der Waals surface area contributed by atoms with Crippen LogP contribution in [0.25, 0.3) is 0 Å². The number of piperidine rings is 1. The summed E-state index contributed by atoms with van der Waals surface area (Å²) in [6.07, 6.45) is 2.58. The molecule has 2 aliphatic carbocycles. The fourth-order valence-corrected chi connectivity index (χ4v) is 14.6. The van der Waals surface area contributed by atoms with Gasteiger partial charge < -0.3 is 70.3 Å². The number of likely N-dealkylation sites (tertiary alicyclic amines) is 1. The first-order chi connectivity index (χ1) is 48.1. The summed E-state index contributed by atoms with van der Waals surface area (Å²) in [5, 5.41) is 21.2. The van der Waals surface area contributed by atoms with Crippen LogP contribution in [0.5, 0.6) is 0 Å². The van der Waals surface area contributed by atoms with E-state index in [9.17, 15) is 47.0 Å². The maximum Gasteiger partial charge on any atom is 0.416 e. The molecule has 4 rings (SSSR count). The fraction of sp³-hybridized carbons (Fsp3) is 0.838. The van der Waals surface area contributed by atoms with E-state index < -0.39 is 182 Å². The van der Waals surface area contributed by atoms with Gasteiger partial charge in [-0.05, 0) is 99.7 Å². The van der Waals surface area contributed by atoms with Crippen molar-refractivity contribution in [1.82, 2.24) is 60.5 Å². The number of carbonyl (C=O) groups excluding carboxylic acids is 12. The number of rotatable bonds is 18. The van der Waals surface area contributed by atoms with Crippen LogP contribution in [0.15, 0.2) is 0 Å². The van der Waals surface area contributed by atoms with Gasteiger partial charge in [-0.3, -0.25) is 57.5 Å². The van der Waals surface area contributed by atoms with Crippen LogP contribution >= 0.6 is 0 Å². The van der Waals surface area contributed by atoms with Crippen LogP contribution in [-0.2, 0) is 62.3 Å². The lowest BCUT2D eigenvalue weighted by Gasteiger charge is -2.40. The molecule has 5 N–H and O–H groups in total. The van der Waals surface area contributed by atoms with Crippen molar-refractivity contribution in [1.29, 1.82) is 0 Å². The summed E-state index contributed by atoms with van der Waals surface area (Å²) in [4.78, 5) is 190. The van der Waals surface area contributed by atoms with Gasteiger partial charge in [0.15, 0.2) is 6.10 Å². The highest BCUT2D eigenvalue weighted by Crippen LogP contribution is 2.33. The molecule has 4 fully saturated rings. The molecule has 0 bridgehead atoms. The zero-order valence-electron chi connectivity index (χ0n) is 65.0. The van der Waals surface area contributed by atoms with E-state index in [4.69, 9.17) is 4.74 Å². The first kappa shape index (κ1) is 88.7. The van der Waals surface area contributed by atoms with Crippen LogP contribution in [0, 0.1) is 41.4 Å². The molecule has 4 aliphatic rings. The molecule has 2 saturated carbocycles. The topological polar surface area (TPSA) is 308 Å². The zero-order chi connectivity index (χ0) is 77.7. The van der Waals surface area contributed by atoms with Gasteiger partial charge in [-0.2, -0.15) is 13.2 Å². The fourth-order valence-electron chi connectivity index (χ4n) is 14.6. The van der Waals surface area contributed by atoms with Crippen molar-refractivity contribution >= 4 is 70.9 Å². The minimum Gasteiger partial charge on any atom is -0.382 e. The number of halogens is 3. The molecule has 12 atom stereocenters. The molecule has 0 spiro atoms. The third-order valence-corrected chi connectivity index (χ3v) is 21.5. The maximum atomic E-state index is 15.6. The van der Waals surface area contributed by atoms with E-state index in [2.05, 4.69) is 21.3 Å². The quantitative estimate of drug-likeness (QED) is 0.113.